The lowest BCUT2D eigenvalue weighted by Gasteiger charge is -2.21. The maximum absolute atomic E-state index is 11.1. The molecule has 0 aliphatic carbocycles. The van der Waals surface area contributed by atoms with E-state index in [1.807, 2.05) is 12.1 Å². The molecule has 1 aromatic carbocycles. The molecule has 2 rings (SSSR count). The Kier molecular flexibility index (Phi) is 7.36. The van der Waals surface area contributed by atoms with Crippen molar-refractivity contribution in [1.82, 2.24) is 4.90 Å². The SMILES string of the molecule is CC(C)(C)c1cccc(OCCCN2CCCC2C(=O)O)c1.Cl. The third kappa shape index (κ3) is 5.70. The highest BCUT2D eigenvalue weighted by Gasteiger charge is 2.29. The Balaban J connectivity index is 0.00000264. The van der Waals surface area contributed by atoms with Crippen LogP contribution in [-0.4, -0.2) is 41.7 Å². The zero-order chi connectivity index (χ0) is 16.2. The van der Waals surface area contributed by atoms with Crippen molar-refractivity contribution in [3.63, 3.8) is 0 Å². The molecule has 1 saturated heterocycles. The summed E-state index contributed by atoms with van der Waals surface area (Å²) in [7, 11) is 0. The van der Waals surface area contributed by atoms with Crippen LogP contribution in [0.4, 0.5) is 0 Å². The van der Waals surface area contributed by atoms with Gasteiger partial charge in [-0.3, -0.25) is 9.69 Å². The quantitative estimate of drug-likeness (QED) is 0.801. The number of hydrogen-bond acceptors (Lipinski definition) is 3. The summed E-state index contributed by atoms with van der Waals surface area (Å²) >= 11 is 0. The van der Waals surface area contributed by atoms with Crippen molar-refractivity contribution in [2.45, 2.75) is 51.5 Å². The van der Waals surface area contributed by atoms with Crippen LogP contribution < -0.4 is 4.74 Å². The summed E-state index contributed by atoms with van der Waals surface area (Å²) in [6.07, 6.45) is 2.60. The lowest BCUT2D eigenvalue weighted by atomic mass is 9.87. The van der Waals surface area contributed by atoms with Crippen LogP contribution in [0.1, 0.15) is 45.6 Å². The second-order valence-corrected chi connectivity index (χ2v) is 7.01. The average Bonchev–Trinajstić information content (AvgIpc) is 2.91. The van der Waals surface area contributed by atoms with Crippen LogP contribution in [0, 0.1) is 0 Å². The van der Waals surface area contributed by atoms with E-state index in [1.54, 1.807) is 0 Å². The fourth-order valence-electron chi connectivity index (χ4n) is 2.88. The normalized spacial score (nSPS) is 18.5. The number of likely N-dealkylation sites (tertiary alicyclic amines) is 1. The van der Waals surface area contributed by atoms with Crippen molar-refractivity contribution in [2.75, 3.05) is 19.7 Å². The summed E-state index contributed by atoms with van der Waals surface area (Å²) in [5.41, 5.74) is 1.37. The Morgan fingerprint density at radius 1 is 1.39 bits per heavy atom. The van der Waals surface area contributed by atoms with Gasteiger partial charge in [0.1, 0.15) is 11.8 Å². The van der Waals surface area contributed by atoms with Crippen LogP contribution in [0.2, 0.25) is 0 Å². The number of carboxylic acids is 1. The first kappa shape index (κ1) is 19.8. The molecule has 1 aromatic rings. The number of ether oxygens (including phenoxy) is 1. The molecular formula is C18H28ClNO3. The highest BCUT2D eigenvalue weighted by Crippen LogP contribution is 2.25. The smallest absolute Gasteiger partial charge is 0.320 e. The molecule has 1 heterocycles. The van der Waals surface area contributed by atoms with E-state index in [2.05, 4.69) is 37.8 Å². The molecule has 1 N–H and O–H groups in total. The van der Waals surface area contributed by atoms with E-state index in [0.717, 1.165) is 38.1 Å². The number of aliphatic carboxylic acids is 1. The van der Waals surface area contributed by atoms with Gasteiger partial charge in [-0.05, 0) is 48.9 Å². The third-order valence-electron chi connectivity index (χ3n) is 4.21. The number of rotatable bonds is 6. The van der Waals surface area contributed by atoms with Gasteiger partial charge in [0.25, 0.3) is 0 Å². The molecule has 1 unspecified atom stereocenters. The van der Waals surface area contributed by atoms with Crippen molar-refractivity contribution in [2.24, 2.45) is 0 Å². The third-order valence-corrected chi connectivity index (χ3v) is 4.21. The van der Waals surface area contributed by atoms with Crippen molar-refractivity contribution in [3.05, 3.63) is 29.8 Å². The van der Waals surface area contributed by atoms with Gasteiger partial charge in [0.05, 0.1) is 6.61 Å². The van der Waals surface area contributed by atoms with Gasteiger partial charge in [-0.1, -0.05) is 32.9 Å². The molecule has 1 fully saturated rings. The molecule has 0 bridgehead atoms. The number of hydrogen-bond donors (Lipinski definition) is 1. The first-order valence-corrected chi connectivity index (χ1v) is 8.08. The molecule has 0 amide bonds. The molecular weight excluding hydrogens is 314 g/mol. The van der Waals surface area contributed by atoms with Crippen molar-refractivity contribution in [3.8, 4) is 5.75 Å². The summed E-state index contributed by atoms with van der Waals surface area (Å²) in [4.78, 5) is 13.2. The Labute approximate surface area is 145 Å². The summed E-state index contributed by atoms with van der Waals surface area (Å²) in [6.45, 7) is 8.85. The second kappa shape index (κ2) is 8.55. The maximum atomic E-state index is 11.1. The summed E-state index contributed by atoms with van der Waals surface area (Å²) in [5, 5.41) is 9.15. The minimum Gasteiger partial charge on any atom is -0.494 e. The summed E-state index contributed by atoms with van der Waals surface area (Å²) in [5.74, 6) is 0.194. The number of benzene rings is 1. The molecule has 1 aliphatic heterocycles. The van der Waals surface area contributed by atoms with Gasteiger partial charge in [0.2, 0.25) is 0 Å². The topological polar surface area (TPSA) is 49.8 Å². The van der Waals surface area contributed by atoms with Crippen LogP contribution in [0.3, 0.4) is 0 Å². The van der Waals surface area contributed by atoms with E-state index in [9.17, 15) is 4.79 Å². The van der Waals surface area contributed by atoms with Gasteiger partial charge in [-0.25, -0.2) is 0 Å². The number of nitrogens with zero attached hydrogens (tertiary/aromatic N) is 1. The largest absolute Gasteiger partial charge is 0.494 e. The molecule has 0 spiro atoms. The lowest BCUT2D eigenvalue weighted by molar-refractivity contribution is -0.142. The number of carboxylic acid groups (broad SMARTS) is 1. The predicted molar refractivity (Wildman–Crippen MR) is 94.7 cm³/mol. The second-order valence-electron chi connectivity index (χ2n) is 7.01. The van der Waals surface area contributed by atoms with Gasteiger partial charge < -0.3 is 9.84 Å². The zero-order valence-corrected chi connectivity index (χ0v) is 15.1. The van der Waals surface area contributed by atoms with Crippen LogP contribution >= 0.6 is 12.4 Å². The van der Waals surface area contributed by atoms with Gasteiger partial charge in [0, 0.05) is 6.54 Å². The predicted octanol–water partition coefficient (Wildman–Crippen LogP) is 3.72. The van der Waals surface area contributed by atoms with Gasteiger partial charge in [-0.15, -0.1) is 12.4 Å². The van der Waals surface area contributed by atoms with Crippen LogP contribution in [0.15, 0.2) is 24.3 Å². The van der Waals surface area contributed by atoms with Gasteiger partial charge in [0.15, 0.2) is 0 Å². The molecule has 1 atom stereocenters. The molecule has 130 valence electrons. The molecule has 4 nitrogen and oxygen atoms in total. The maximum Gasteiger partial charge on any atom is 0.320 e. The molecule has 5 heteroatoms. The Bertz CT molecular complexity index is 513. The standard InChI is InChI=1S/C18H27NO3.ClH/c1-18(2,3)14-7-4-8-15(13-14)22-12-6-11-19-10-5-9-16(19)17(20)21;/h4,7-8,13,16H,5-6,9-12H2,1-3H3,(H,20,21);1H. The average molecular weight is 342 g/mol. The zero-order valence-electron chi connectivity index (χ0n) is 14.2. The molecule has 23 heavy (non-hydrogen) atoms. The number of carbonyl (C=O) groups is 1. The number of halogens is 1. The fourth-order valence-corrected chi connectivity index (χ4v) is 2.88. The van der Waals surface area contributed by atoms with E-state index >= 15 is 0 Å². The first-order valence-electron chi connectivity index (χ1n) is 8.08. The van der Waals surface area contributed by atoms with E-state index < -0.39 is 5.97 Å². The lowest BCUT2D eigenvalue weighted by Crippen LogP contribution is -2.36. The van der Waals surface area contributed by atoms with Gasteiger partial charge in [-0.2, -0.15) is 0 Å². The Hall–Kier alpha value is -1.26. The summed E-state index contributed by atoms with van der Waals surface area (Å²) in [6, 6.07) is 7.91. The van der Waals surface area contributed by atoms with E-state index in [1.165, 1.54) is 5.56 Å². The van der Waals surface area contributed by atoms with Crippen LogP contribution in [-0.2, 0) is 10.2 Å². The molecule has 0 aromatic heterocycles. The van der Waals surface area contributed by atoms with Crippen molar-refractivity contribution < 1.29 is 14.6 Å². The van der Waals surface area contributed by atoms with Crippen LogP contribution in [0.5, 0.6) is 5.75 Å². The van der Waals surface area contributed by atoms with Crippen LogP contribution in [0.25, 0.3) is 0 Å². The van der Waals surface area contributed by atoms with E-state index in [0.29, 0.717) is 6.61 Å². The summed E-state index contributed by atoms with van der Waals surface area (Å²) < 4.78 is 5.82. The van der Waals surface area contributed by atoms with Gasteiger partial charge >= 0.3 is 5.97 Å². The molecule has 0 saturated carbocycles. The fraction of sp³-hybridized carbons (Fsp3) is 0.611. The van der Waals surface area contributed by atoms with E-state index in [-0.39, 0.29) is 23.9 Å². The van der Waals surface area contributed by atoms with Crippen molar-refractivity contribution in [1.29, 1.82) is 0 Å². The molecule has 0 radical (unpaired) electrons. The minimum atomic E-state index is -0.698. The van der Waals surface area contributed by atoms with Crippen molar-refractivity contribution >= 4 is 18.4 Å². The Morgan fingerprint density at radius 2 is 2.13 bits per heavy atom. The first-order chi connectivity index (χ1) is 10.4. The Morgan fingerprint density at radius 3 is 2.78 bits per heavy atom. The highest BCUT2D eigenvalue weighted by molar-refractivity contribution is 5.85. The minimum absolute atomic E-state index is 0. The molecule has 1 aliphatic rings. The monoisotopic (exact) mass is 341 g/mol. The van der Waals surface area contributed by atoms with E-state index in [4.69, 9.17) is 9.84 Å². The highest BCUT2D eigenvalue weighted by atomic mass is 35.5.